The molecule has 0 N–H and O–H groups in total. The first-order valence-corrected chi connectivity index (χ1v) is 11.7. The van der Waals surface area contributed by atoms with Crippen LogP contribution in [0.15, 0.2) is 49.2 Å². The van der Waals surface area contributed by atoms with E-state index in [0.717, 1.165) is 10.9 Å². The second-order valence-electron chi connectivity index (χ2n) is 7.11. The summed E-state index contributed by atoms with van der Waals surface area (Å²) in [5.74, 6) is 0.696. The molecule has 2 aromatic carbocycles. The van der Waals surface area contributed by atoms with Gasteiger partial charge in [0.25, 0.3) is 5.56 Å². The molecular formula is C23H23Br2N3O5. The van der Waals surface area contributed by atoms with Crippen LogP contribution in [0, 0.1) is 0 Å². The maximum absolute atomic E-state index is 13.2. The zero-order chi connectivity index (χ0) is 24.1. The van der Waals surface area contributed by atoms with Crippen LogP contribution in [0.3, 0.4) is 0 Å². The molecule has 3 aromatic rings. The number of esters is 1. The zero-order valence-electron chi connectivity index (χ0n) is 18.6. The molecule has 0 radical (unpaired) electrons. The number of methoxy groups -OCH3 is 2. The number of carbonyl (C=O) groups is 1. The van der Waals surface area contributed by atoms with Crippen molar-refractivity contribution < 1.29 is 19.0 Å². The lowest BCUT2D eigenvalue weighted by Gasteiger charge is -2.17. The highest BCUT2D eigenvalue weighted by atomic mass is 79.9. The maximum atomic E-state index is 13.2. The van der Waals surface area contributed by atoms with Gasteiger partial charge in [-0.1, -0.05) is 38.8 Å². The summed E-state index contributed by atoms with van der Waals surface area (Å²) in [6.45, 7) is 3.58. The smallest absolute Gasteiger partial charge is 0.346 e. The first kappa shape index (κ1) is 24.9. The summed E-state index contributed by atoms with van der Waals surface area (Å²) < 4.78 is 18.8. The van der Waals surface area contributed by atoms with Crippen molar-refractivity contribution in [1.29, 1.82) is 0 Å². The number of nitrogens with zero attached hydrogens (tertiary/aromatic N) is 3. The third-order valence-electron chi connectivity index (χ3n) is 4.76. The minimum Gasteiger partial charge on any atom is -0.493 e. The van der Waals surface area contributed by atoms with Gasteiger partial charge in [0.15, 0.2) is 17.6 Å². The van der Waals surface area contributed by atoms with Crippen molar-refractivity contribution in [3.05, 3.63) is 61.0 Å². The Morgan fingerprint density at radius 2 is 1.97 bits per heavy atom. The number of carbonyl (C=O) groups excluding carboxylic acids is 1. The number of ether oxygens (including phenoxy) is 3. The Bertz CT molecular complexity index is 1270. The summed E-state index contributed by atoms with van der Waals surface area (Å²) in [7, 11) is 2.78. The average Bonchev–Trinajstić information content (AvgIpc) is 2.80. The van der Waals surface area contributed by atoms with Crippen molar-refractivity contribution in [2.24, 2.45) is 5.10 Å². The lowest BCUT2D eigenvalue weighted by molar-refractivity contribution is -0.147. The van der Waals surface area contributed by atoms with Gasteiger partial charge in [0.1, 0.15) is 5.82 Å². The second-order valence-corrected chi connectivity index (χ2v) is 8.94. The Balaban J connectivity index is 2.15. The first-order valence-electron chi connectivity index (χ1n) is 10.2. The van der Waals surface area contributed by atoms with Crippen molar-refractivity contribution >= 4 is 54.9 Å². The van der Waals surface area contributed by atoms with Crippen molar-refractivity contribution in [2.75, 3.05) is 14.2 Å². The molecule has 0 spiro atoms. The van der Waals surface area contributed by atoms with E-state index in [4.69, 9.17) is 14.2 Å². The van der Waals surface area contributed by atoms with E-state index >= 15 is 0 Å². The highest BCUT2D eigenvalue weighted by Crippen LogP contribution is 2.35. The molecule has 0 saturated carbocycles. The molecule has 33 heavy (non-hydrogen) atoms. The molecule has 10 heteroatoms. The number of halogens is 2. The molecule has 1 aromatic heterocycles. The predicted molar refractivity (Wildman–Crippen MR) is 133 cm³/mol. The fourth-order valence-corrected chi connectivity index (χ4v) is 3.99. The van der Waals surface area contributed by atoms with Gasteiger partial charge in [-0.05, 0) is 43.7 Å². The van der Waals surface area contributed by atoms with Crippen LogP contribution < -0.4 is 15.0 Å². The lowest BCUT2D eigenvalue weighted by Crippen LogP contribution is -2.25. The van der Waals surface area contributed by atoms with Crippen molar-refractivity contribution in [3.63, 3.8) is 0 Å². The normalized spacial score (nSPS) is 12.2. The highest BCUT2D eigenvalue weighted by molar-refractivity contribution is 9.10. The van der Waals surface area contributed by atoms with Gasteiger partial charge >= 0.3 is 5.97 Å². The van der Waals surface area contributed by atoms with Crippen LogP contribution in [0.25, 0.3) is 10.9 Å². The SMILES string of the molecule is CCCc1nc2ccc(Br)cc2c(=O)n1N=Cc1cc(Br)cc(OC)c1O[C@H](C)C(=O)OC. The molecule has 1 heterocycles. The Labute approximate surface area is 207 Å². The molecule has 0 bridgehead atoms. The van der Waals surface area contributed by atoms with E-state index in [-0.39, 0.29) is 5.56 Å². The van der Waals surface area contributed by atoms with Crippen LogP contribution in [-0.4, -0.2) is 42.2 Å². The van der Waals surface area contributed by atoms with E-state index in [1.54, 1.807) is 31.2 Å². The number of benzene rings is 2. The van der Waals surface area contributed by atoms with Crippen LogP contribution in [-0.2, 0) is 16.0 Å². The quantitative estimate of drug-likeness (QED) is 0.283. The zero-order valence-corrected chi connectivity index (χ0v) is 21.8. The predicted octanol–water partition coefficient (Wildman–Crippen LogP) is 4.71. The lowest BCUT2D eigenvalue weighted by atomic mass is 10.2. The fourth-order valence-electron chi connectivity index (χ4n) is 3.17. The number of rotatable bonds is 8. The second kappa shape index (κ2) is 10.9. The summed E-state index contributed by atoms with van der Waals surface area (Å²) in [5, 5.41) is 4.90. The van der Waals surface area contributed by atoms with E-state index in [1.807, 2.05) is 13.0 Å². The van der Waals surface area contributed by atoms with Gasteiger partial charge in [-0.25, -0.2) is 9.78 Å². The molecule has 1 atom stereocenters. The van der Waals surface area contributed by atoms with Gasteiger partial charge < -0.3 is 14.2 Å². The summed E-state index contributed by atoms with van der Waals surface area (Å²) >= 11 is 6.84. The van der Waals surface area contributed by atoms with Crippen LogP contribution in [0.5, 0.6) is 11.5 Å². The van der Waals surface area contributed by atoms with E-state index < -0.39 is 12.1 Å². The molecule has 3 rings (SSSR count). The van der Waals surface area contributed by atoms with Gasteiger partial charge in [0, 0.05) is 20.9 Å². The molecule has 0 aliphatic heterocycles. The largest absolute Gasteiger partial charge is 0.493 e. The summed E-state index contributed by atoms with van der Waals surface area (Å²) in [6.07, 6.45) is 1.97. The number of aryl methyl sites for hydroxylation is 1. The van der Waals surface area contributed by atoms with E-state index in [9.17, 15) is 9.59 Å². The minimum absolute atomic E-state index is 0.284. The number of fused-ring (bicyclic) bond motifs is 1. The molecule has 0 aliphatic rings. The van der Waals surface area contributed by atoms with Crippen LogP contribution >= 0.6 is 31.9 Å². The first-order chi connectivity index (χ1) is 15.8. The molecule has 0 aliphatic carbocycles. The number of hydrogen-bond donors (Lipinski definition) is 0. The maximum Gasteiger partial charge on any atom is 0.346 e. The topological polar surface area (TPSA) is 92.0 Å². The number of aromatic nitrogens is 2. The van der Waals surface area contributed by atoms with Gasteiger partial charge in [-0.3, -0.25) is 4.79 Å². The Hall–Kier alpha value is -2.72. The standard InChI is InChI=1S/C23H23Br2N3O5/c1-5-6-20-27-18-8-7-15(24)10-17(18)22(29)28(20)26-12-14-9-16(25)11-19(31-3)21(14)33-13(2)23(30)32-4/h7-13H,5-6H2,1-4H3/t13-/m1/s1. The van der Waals surface area contributed by atoms with Crippen molar-refractivity contribution in [1.82, 2.24) is 9.66 Å². The monoisotopic (exact) mass is 579 g/mol. The minimum atomic E-state index is -0.879. The number of hydrogen-bond acceptors (Lipinski definition) is 7. The third kappa shape index (κ3) is 5.62. The summed E-state index contributed by atoms with van der Waals surface area (Å²) in [5.41, 5.74) is 0.826. The molecule has 174 valence electrons. The molecule has 8 nitrogen and oxygen atoms in total. The Morgan fingerprint density at radius 1 is 1.21 bits per heavy atom. The molecule has 0 unspecified atom stereocenters. The van der Waals surface area contributed by atoms with Crippen LogP contribution in [0.1, 0.15) is 31.7 Å². The average molecular weight is 581 g/mol. The van der Waals surface area contributed by atoms with Crippen molar-refractivity contribution in [3.8, 4) is 11.5 Å². The third-order valence-corrected chi connectivity index (χ3v) is 5.71. The summed E-state index contributed by atoms with van der Waals surface area (Å²) in [4.78, 5) is 29.8. The highest BCUT2D eigenvalue weighted by Gasteiger charge is 2.20. The van der Waals surface area contributed by atoms with Crippen LogP contribution in [0.2, 0.25) is 0 Å². The van der Waals surface area contributed by atoms with E-state index in [1.165, 1.54) is 25.1 Å². The van der Waals surface area contributed by atoms with Crippen LogP contribution in [0.4, 0.5) is 0 Å². The fraction of sp³-hybridized carbons (Fsp3) is 0.304. The molecule has 0 amide bonds. The van der Waals surface area contributed by atoms with Gasteiger partial charge in [0.2, 0.25) is 0 Å². The van der Waals surface area contributed by atoms with Gasteiger partial charge in [-0.2, -0.15) is 9.78 Å². The van der Waals surface area contributed by atoms with Gasteiger partial charge in [0.05, 0.1) is 31.3 Å². The molecule has 0 saturated heterocycles. The van der Waals surface area contributed by atoms with Gasteiger partial charge in [-0.15, -0.1) is 0 Å². The summed E-state index contributed by atoms with van der Waals surface area (Å²) in [6, 6.07) is 8.83. The van der Waals surface area contributed by atoms with E-state index in [2.05, 4.69) is 41.9 Å². The van der Waals surface area contributed by atoms with Crippen molar-refractivity contribution in [2.45, 2.75) is 32.8 Å². The van der Waals surface area contributed by atoms with E-state index in [0.29, 0.717) is 44.7 Å². The molecular weight excluding hydrogens is 558 g/mol. The Morgan fingerprint density at radius 3 is 2.64 bits per heavy atom. The Kier molecular flexibility index (Phi) is 8.25. The molecule has 0 fully saturated rings.